The predicted octanol–water partition coefficient (Wildman–Crippen LogP) is 4.75. The molecule has 0 saturated carbocycles. The summed E-state index contributed by atoms with van der Waals surface area (Å²) in [5.41, 5.74) is 0.334. The summed E-state index contributed by atoms with van der Waals surface area (Å²) < 4.78 is 41.8. The summed E-state index contributed by atoms with van der Waals surface area (Å²) in [4.78, 5) is -0.0546. The summed E-state index contributed by atoms with van der Waals surface area (Å²) in [6.07, 6.45) is 0. The number of rotatable bonds is 4. The lowest BCUT2D eigenvalue weighted by atomic mass is 10.2. The molecule has 0 aliphatic heterocycles. The molecule has 0 aliphatic rings. The zero-order chi connectivity index (χ0) is 15.6. The molecule has 2 aromatic carbocycles. The number of benzene rings is 2. The van der Waals surface area contributed by atoms with E-state index in [1.807, 2.05) is 0 Å². The maximum absolute atomic E-state index is 13.6. The molecule has 0 N–H and O–H groups in total. The Bertz CT molecular complexity index is 781. The Balaban J connectivity index is 2.17. The summed E-state index contributed by atoms with van der Waals surface area (Å²) >= 11 is 8.84. The van der Waals surface area contributed by atoms with E-state index in [4.69, 9.17) is 27.0 Å². The van der Waals surface area contributed by atoms with Gasteiger partial charge in [-0.25, -0.2) is 12.8 Å². The van der Waals surface area contributed by atoms with Gasteiger partial charge in [0.25, 0.3) is 9.05 Å². The first-order chi connectivity index (χ1) is 9.77. The van der Waals surface area contributed by atoms with Crippen LogP contribution in [0.5, 0.6) is 5.75 Å². The van der Waals surface area contributed by atoms with Gasteiger partial charge in [-0.05, 0) is 46.3 Å². The van der Waals surface area contributed by atoms with Crippen LogP contribution in [-0.2, 0) is 15.7 Å². The van der Waals surface area contributed by atoms with Gasteiger partial charge in [0, 0.05) is 21.3 Å². The van der Waals surface area contributed by atoms with Crippen LogP contribution in [0.1, 0.15) is 5.56 Å². The first-order valence-electron chi connectivity index (χ1n) is 5.58. The average molecular weight is 414 g/mol. The van der Waals surface area contributed by atoms with E-state index in [0.717, 1.165) is 0 Å². The Hall–Kier alpha value is -0.820. The maximum Gasteiger partial charge on any atom is 0.261 e. The van der Waals surface area contributed by atoms with E-state index in [9.17, 15) is 12.8 Å². The third-order valence-corrected chi connectivity index (χ3v) is 4.79. The zero-order valence-electron chi connectivity index (χ0n) is 10.3. The van der Waals surface area contributed by atoms with Crippen molar-refractivity contribution in [1.82, 2.24) is 0 Å². The van der Waals surface area contributed by atoms with Crippen molar-refractivity contribution >= 4 is 47.3 Å². The lowest BCUT2D eigenvalue weighted by Gasteiger charge is -2.10. The molecule has 21 heavy (non-hydrogen) atoms. The molecule has 0 unspecified atom stereocenters. The van der Waals surface area contributed by atoms with Crippen molar-refractivity contribution < 1.29 is 17.5 Å². The summed E-state index contributed by atoms with van der Waals surface area (Å²) in [6, 6.07) is 8.33. The van der Waals surface area contributed by atoms with E-state index in [2.05, 4.69) is 15.9 Å². The van der Waals surface area contributed by atoms with Crippen LogP contribution < -0.4 is 4.74 Å². The van der Waals surface area contributed by atoms with Crippen LogP contribution in [0.4, 0.5) is 4.39 Å². The van der Waals surface area contributed by atoms with Gasteiger partial charge in [-0.3, -0.25) is 0 Å². The average Bonchev–Trinajstić information content (AvgIpc) is 2.38. The third kappa shape index (κ3) is 4.32. The Morgan fingerprint density at radius 2 is 1.90 bits per heavy atom. The molecular weight excluding hydrogens is 406 g/mol. The minimum atomic E-state index is -3.81. The molecule has 112 valence electrons. The Kier molecular flexibility index (Phi) is 5.14. The standard InChI is InChI=1S/C13H8BrCl2FO3S/c14-11-6-10(21(16,18)19)3-4-13(11)20-7-8-1-2-9(15)5-12(8)17/h1-6H,7H2. The Morgan fingerprint density at radius 1 is 1.19 bits per heavy atom. The molecule has 2 aromatic rings. The van der Waals surface area contributed by atoms with E-state index in [0.29, 0.717) is 20.8 Å². The topological polar surface area (TPSA) is 43.4 Å². The van der Waals surface area contributed by atoms with Crippen LogP contribution >= 0.6 is 38.2 Å². The van der Waals surface area contributed by atoms with Crippen LogP contribution in [-0.4, -0.2) is 8.42 Å². The van der Waals surface area contributed by atoms with Crippen LogP contribution in [0.3, 0.4) is 0 Å². The van der Waals surface area contributed by atoms with Gasteiger partial charge in [-0.2, -0.15) is 0 Å². The molecule has 0 fully saturated rings. The SMILES string of the molecule is O=S(=O)(Cl)c1ccc(OCc2ccc(Cl)cc2F)c(Br)c1. The normalized spacial score (nSPS) is 11.4. The van der Waals surface area contributed by atoms with Crippen molar-refractivity contribution in [3.63, 3.8) is 0 Å². The first kappa shape index (κ1) is 16.5. The molecule has 0 spiro atoms. The minimum Gasteiger partial charge on any atom is -0.488 e. The third-order valence-electron chi connectivity index (χ3n) is 2.58. The highest BCUT2D eigenvalue weighted by Crippen LogP contribution is 2.30. The van der Waals surface area contributed by atoms with Gasteiger partial charge in [-0.1, -0.05) is 17.7 Å². The monoisotopic (exact) mass is 412 g/mol. The van der Waals surface area contributed by atoms with Gasteiger partial charge >= 0.3 is 0 Å². The fraction of sp³-hybridized carbons (Fsp3) is 0.0769. The van der Waals surface area contributed by atoms with Crippen molar-refractivity contribution in [2.24, 2.45) is 0 Å². The van der Waals surface area contributed by atoms with Crippen LogP contribution in [0.15, 0.2) is 45.8 Å². The number of hydrogen-bond acceptors (Lipinski definition) is 3. The van der Waals surface area contributed by atoms with Crippen LogP contribution in [0.25, 0.3) is 0 Å². The lowest BCUT2D eigenvalue weighted by molar-refractivity contribution is 0.298. The zero-order valence-corrected chi connectivity index (χ0v) is 14.2. The largest absolute Gasteiger partial charge is 0.488 e. The van der Waals surface area contributed by atoms with E-state index in [1.54, 1.807) is 6.07 Å². The number of halogens is 4. The summed E-state index contributed by atoms with van der Waals surface area (Å²) in [7, 11) is 1.43. The van der Waals surface area contributed by atoms with Crippen LogP contribution in [0.2, 0.25) is 5.02 Å². The molecule has 0 heterocycles. The highest BCUT2D eigenvalue weighted by atomic mass is 79.9. The van der Waals surface area contributed by atoms with Crippen molar-refractivity contribution in [1.29, 1.82) is 0 Å². The first-order valence-corrected chi connectivity index (χ1v) is 9.06. The molecule has 3 nitrogen and oxygen atoms in total. The van der Waals surface area contributed by atoms with E-state index < -0.39 is 14.9 Å². The molecule has 2 rings (SSSR count). The minimum absolute atomic E-state index is 0.0193. The summed E-state index contributed by atoms with van der Waals surface area (Å²) in [5.74, 6) is -0.105. The molecule has 0 bridgehead atoms. The van der Waals surface area contributed by atoms with Crippen molar-refractivity contribution in [3.05, 3.63) is 57.3 Å². The van der Waals surface area contributed by atoms with E-state index in [-0.39, 0.29) is 11.5 Å². The molecule has 0 saturated heterocycles. The smallest absolute Gasteiger partial charge is 0.261 e. The highest BCUT2D eigenvalue weighted by molar-refractivity contribution is 9.10. The highest BCUT2D eigenvalue weighted by Gasteiger charge is 2.13. The van der Waals surface area contributed by atoms with Crippen molar-refractivity contribution in [2.45, 2.75) is 11.5 Å². The van der Waals surface area contributed by atoms with Gasteiger partial charge in [0.2, 0.25) is 0 Å². The molecule has 0 amide bonds. The van der Waals surface area contributed by atoms with Crippen molar-refractivity contribution in [2.75, 3.05) is 0 Å². The maximum atomic E-state index is 13.6. The quantitative estimate of drug-likeness (QED) is 0.679. The fourth-order valence-corrected chi connectivity index (χ4v) is 3.13. The van der Waals surface area contributed by atoms with Gasteiger partial charge in [0.1, 0.15) is 18.2 Å². The molecule has 0 aromatic heterocycles. The second-order valence-corrected chi connectivity index (χ2v) is 7.91. The van der Waals surface area contributed by atoms with Gasteiger partial charge < -0.3 is 4.74 Å². The van der Waals surface area contributed by atoms with Gasteiger partial charge in [0.15, 0.2) is 0 Å². The van der Waals surface area contributed by atoms with E-state index in [1.165, 1.54) is 30.3 Å². The lowest BCUT2D eigenvalue weighted by Crippen LogP contribution is -2.00. The van der Waals surface area contributed by atoms with Crippen LogP contribution in [0, 0.1) is 5.82 Å². The van der Waals surface area contributed by atoms with E-state index >= 15 is 0 Å². The van der Waals surface area contributed by atoms with Crippen molar-refractivity contribution in [3.8, 4) is 5.75 Å². The number of hydrogen-bond donors (Lipinski definition) is 0. The predicted molar refractivity (Wildman–Crippen MR) is 82.9 cm³/mol. The molecule has 0 radical (unpaired) electrons. The Morgan fingerprint density at radius 3 is 2.48 bits per heavy atom. The number of ether oxygens (including phenoxy) is 1. The van der Waals surface area contributed by atoms with Gasteiger partial charge in [0.05, 0.1) is 9.37 Å². The summed E-state index contributed by atoms with van der Waals surface area (Å²) in [5, 5.41) is 0.300. The molecule has 0 aliphatic carbocycles. The second kappa shape index (κ2) is 6.52. The second-order valence-electron chi connectivity index (χ2n) is 4.05. The summed E-state index contributed by atoms with van der Waals surface area (Å²) in [6.45, 7) is -0.0193. The molecular formula is C13H8BrCl2FO3S. The molecule has 0 atom stereocenters. The van der Waals surface area contributed by atoms with Gasteiger partial charge in [-0.15, -0.1) is 0 Å². The molecule has 8 heteroatoms. The Labute approximate surface area is 139 Å². The fourth-order valence-electron chi connectivity index (χ4n) is 1.54.